The highest BCUT2D eigenvalue weighted by atomic mass is 14.3. The zero-order chi connectivity index (χ0) is 15.8. The van der Waals surface area contributed by atoms with Gasteiger partial charge in [-0.2, -0.15) is 0 Å². The van der Waals surface area contributed by atoms with Gasteiger partial charge in [0, 0.05) is 11.8 Å². The topological polar surface area (TPSA) is 0 Å². The summed E-state index contributed by atoms with van der Waals surface area (Å²) in [6.45, 7) is 21.7. The van der Waals surface area contributed by atoms with E-state index in [2.05, 4.69) is 64.4 Å². The van der Waals surface area contributed by atoms with Crippen LogP contribution in [-0.4, -0.2) is 0 Å². The van der Waals surface area contributed by atoms with E-state index in [0.29, 0.717) is 11.8 Å². The van der Waals surface area contributed by atoms with Crippen molar-refractivity contribution in [2.75, 3.05) is 0 Å². The summed E-state index contributed by atoms with van der Waals surface area (Å²) < 4.78 is 0. The first-order chi connectivity index (χ1) is 10.4. The molecule has 0 N–H and O–H groups in total. The molecule has 0 unspecified atom stereocenters. The standard InChI is InChI=1S/C22H20/c1-11-13(3)17-7-9-19-15(5)12(2)16(6)20-10-8-18(14(11)4)21(17)22(19)20/h7-12H,3-6H2,1-2H3. The second-order valence-corrected chi connectivity index (χ2v) is 6.62. The van der Waals surface area contributed by atoms with Crippen LogP contribution < -0.4 is 0 Å². The van der Waals surface area contributed by atoms with E-state index < -0.39 is 0 Å². The smallest absolute Gasteiger partial charge is 0.00615 e. The quantitative estimate of drug-likeness (QED) is 0.541. The minimum absolute atomic E-state index is 0.292. The highest BCUT2D eigenvalue weighted by Gasteiger charge is 2.30. The first kappa shape index (κ1) is 13.3. The van der Waals surface area contributed by atoms with Crippen LogP contribution in [0.4, 0.5) is 0 Å². The zero-order valence-corrected chi connectivity index (χ0v) is 13.3. The number of benzene rings is 2. The molecule has 2 aromatic carbocycles. The van der Waals surface area contributed by atoms with Crippen LogP contribution in [0.2, 0.25) is 0 Å². The van der Waals surface area contributed by atoms with Crippen LogP contribution in [-0.2, 0) is 0 Å². The fourth-order valence-electron chi connectivity index (χ4n) is 3.92. The molecular weight excluding hydrogens is 264 g/mol. The summed E-state index contributed by atoms with van der Waals surface area (Å²) in [5, 5.41) is 2.58. The van der Waals surface area contributed by atoms with Gasteiger partial charge in [-0.3, -0.25) is 0 Å². The van der Waals surface area contributed by atoms with E-state index in [0.717, 1.165) is 22.3 Å². The van der Waals surface area contributed by atoms with Gasteiger partial charge in [-0.15, -0.1) is 0 Å². The molecule has 0 spiro atoms. The fourth-order valence-corrected chi connectivity index (χ4v) is 3.92. The summed E-state index contributed by atoms with van der Waals surface area (Å²) in [6.07, 6.45) is 0. The second-order valence-electron chi connectivity index (χ2n) is 6.62. The summed E-state index contributed by atoms with van der Waals surface area (Å²) >= 11 is 0. The molecule has 0 aromatic heterocycles. The van der Waals surface area contributed by atoms with E-state index >= 15 is 0 Å². The van der Waals surface area contributed by atoms with E-state index in [-0.39, 0.29) is 0 Å². The molecule has 0 heteroatoms. The normalized spacial score (nSPS) is 18.5. The van der Waals surface area contributed by atoms with Crippen molar-refractivity contribution >= 4 is 33.1 Å². The van der Waals surface area contributed by atoms with Crippen molar-refractivity contribution in [1.29, 1.82) is 0 Å². The van der Waals surface area contributed by atoms with Gasteiger partial charge in [-0.1, -0.05) is 64.4 Å². The molecule has 22 heavy (non-hydrogen) atoms. The number of hydrogen-bond acceptors (Lipinski definition) is 0. The van der Waals surface area contributed by atoms with E-state index in [1.54, 1.807) is 0 Å². The van der Waals surface area contributed by atoms with Gasteiger partial charge in [0.15, 0.2) is 0 Å². The average Bonchev–Trinajstić information content (AvgIpc) is 2.53. The molecule has 0 fully saturated rings. The molecular formula is C22H20. The predicted molar refractivity (Wildman–Crippen MR) is 98.4 cm³/mol. The third-order valence-electron chi connectivity index (χ3n) is 5.64. The van der Waals surface area contributed by atoms with E-state index in [4.69, 9.17) is 0 Å². The first-order valence-electron chi connectivity index (χ1n) is 7.79. The SMILES string of the molecule is C=C1c2ccc3c4c(ccc(c24)C(=C)C1C)C(=C)C(C)C3=C. The van der Waals surface area contributed by atoms with Gasteiger partial charge < -0.3 is 0 Å². The Morgan fingerprint density at radius 3 is 1.00 bits per heavy atom. The Bertz CT molecular complexity index is 773. The first-order valence-corrected chi connectivity index (χ1v) is 7.79. The van der Waals surface area contributed by atoms with Crippen molar-refractivity contribution < 1.29 is 0 Å². The molecule has 0 nitrogen and oxygen atoms in total. The van der Waals surface area contributed by atoms with Gasteiger partial charge in [0.05, 0.1) is 0 Å². The van der Waals surface area contributed by atoms with Crippen molar-refractivity contribution in [3.63, 3.8) is 0 Å². The van der Waals surface area contributed by atoms with Gasteiger partial charge >= 0.3 is 0 Å². The number of hydrogen-bond donors (Lipinski definition) is 0. The van der Waals surface area contributed by atoms with Crippen LogP contribution in [0.15, 0.2) is 50.6 Å². The number of allylic oxidation sites excluding steroid dienone is 4. The monoisotopic (exact) mass is 284 g/mol. The maximum absolute atomic E-state index is 4.32. The molecule has 0 radical (unpaired) electrons. The van der Waals surface area contributed by atoms with Crippen molar-refractivity contribution in [2.24, 2.45) is 11.8 Å². The summed E-state index contributed by atoms with van der Waals surface area (Å²) in [6, 6.07) is 8.84. The molecule has 2 aromatic rings. The summed E-state index contributed by atoms with van der Waals surface area (Å²) in [5.41, 5.74) is 9.67. The van der Waals surface area contributed by atoms with Crippen molar-refractivity contribution in [3.05, 3.63) is 72.8 Å². The summed E-state index contributed by atoms with van der Waals surface area (Å²) in [7, 11) is 0. The van der Waals surface area contributed by atoms with E-state index in [1.807, 2.05) is 0 Å². The van der Waals surface area contributed by atoms with Gasteiger partial charge in [0.25, 0.3) is 0 Å². The largest absolute Gasteiger partial charge is 0.0946 e. The lowest BCUT2D eigenvalue weighted by Gasteiger charge is -2.33. The molecule has 0 bridgehead atoms. The summed E-state index contributed by atoms with van der Waals surface area (Å²) in [5.74, 6) is 0.585. The van der Waals surface area contributed by atoms with Crippen LogP contribution >= 0.6 is 0 Å². The molecule has 2 aliphatic rings. The van der Waals surface area contributed by atoms with Gasteiger partial charge in [-0.05, 0) is 55.3 Å². The predicted octanol–water partition coefficient (Wildman–Crippen LogP) is 6.19. The molecule has 0 amide bonds. The van der Waals surface area contributed by atoms with Crippen LogP contribution in [0.1, 0.15) is 36.1 Å². The molecule has 0 saturated heterocycles. The zero-order valence-electron chi connectivity index (χ0n) is 13.3. The molecule has 0 aliphatic heterocycles. The molecule has 2 aliphatic carbocycles. The van der Waals surface area contributed by atoms with E-state index in [9.17, 15) is 0 Å². The highest BCUT2D eigenvalue weighted by molar-refractivity contribution is 6.16. The van der Waals surface area contributed by atoms with E-state index in [1.165, 1.54) is 33.0 Å². The molecule has 108 valence electrons. The third-order valence-corrected chi connectivity index (χ3v) is 5.64. The van der Waals surface area contributed by atoms with Crippen LogP contribution in [0.3, 0.4) is 0 Å². The minimum atomic E-state index is 0.292. The maximum Gasteiger partial charge on any atom is 0.00615 e. The Labute approximate surface area is 132 Å². The summed E-state index contributed by atoms with van der Waals surface area (Å²) in [4.78, 5) is 0. The van der Waals surface area contributed by atoms with Crippen LogP contribution in [0.25, 0.3) is 33.1 Å². The Morgan fingerprint density at radius 2 is 0.773 bits per heavy atom. The van der Waals surface area contributed by atoms with Crippen molar-refractivity contribution in [1.82, 2.24) is 0 Å². The molecule has 0 heterocycles. The van der Waals surface area contributed by atoms with Crippen LogP contribution in [0.5, 0.6) is 0 Å². The molecule has 4 rings (SSSR count). The fraction of sp³-hybridized carbons (Fsp3) is 0.182. The van der Waals surface area contributed by atoms with Gasteiger partial charge in [0.1, 0.15) is 0 Å². The minimum Gasteiger partial charge on any atom is -0.0946 e. The second kappa shape index (κ2) is 4.10. The third kappa shape index (κ3) is 1.38. The Balaban J connectivity index is 2.24. The Morgan fingerprint density at radius 1 is 0.545 bits per heavy atom. The van der Waals surface area contributed by atoms with Gasteiger partial charge in [0.2, 0.25) is 0 Å². The lowest BCUT2D eigenvalue weighted by atomic mass is 9.70. The molecule has 0 saturated carbocycles. The maximum atomic E-state index is 4.32. The average molecular weight is 284 g/mol. The lowest BCUT2D eigenvalue weighted by Crippen LogP contribution is -2.13. The van der Waals surface area contributed by atoms with Crippen molar-refractivity contribution in [2.45, 2.75) is 13.8 Å². The highest BCUT2D eigenvalue weighted by Crippen LogP contribution is 2.51. The lowest BCUT2D eigenvalue weighted by molar-refractivity contribution is 0.978. The Kier molecular flexibility index (Phi) is 2.49. The van der Waals surface area contributed by atoms with Crippen molar-refractivity contribution in [3.8, 4) is 0 Å². The van der Waals surface area contributed by atoms with Crippen LogP contribution in [0, 0.1) is 11.8 Å². The number of rotatable bonds is 0. The van der Waals surface area contributed by atoms with Gasteiger partial charge in [-0.25, -0.2) is 0 Å². The Hall–Kier alpha value is -2.34. The molecule has 0 atom stereocenters.